The minimum absolute atomic E-state index is 0.471. The van der Waals surface area contributed by atoms with Gasteiger partial charge < -0.3 is 0 Å². The van der Waals surface area contributed by atoms with Crippen molar-refractivity contribution in [2.75, 3.05) is 0 Å². The molecule has 0 aromatic heterocycles. The normalized spacial score (nSPS) is 12.9. The number of hydrogen-bond donors (Lipinski definition) is 0. The van der Waals surface area contributed by atoms with E-state index in [1.54, 1.807) is 0 Å². The van der Waals surface area contributed by atoms with E-state index in [4.69, 9.17) is 0 Å². The van der Waals surface area contributed by atoms with Crippen LogP contribution in [0.4, 0.5) is 0 Å². The van der Waals surface area contributed by atoms with Gasteiger partial charge in [0, 0.05) is 0 Å². The molecule has 11 heavy (non-hydrogen) atoms. The molecule has 0 bridgehead atoms. The van der Waals surface area contributed by atoms with Crippen LogP contribution in [-0.4, -0.2) is 8.80 Å². The molecule has 0 aliphatic rings. The van der Waals surface area contributed by atoms with E-state index < -0.39 is 8.80 Å². The van der Waals surface area contributed by atoms with Gasteiger partial charge in [-0.1, -0.05) is 51.6 Å². The predicted molar refractivity (Wildman–Crippen MR) is 56.8 cm³/mol. The van der Waals surface area contributed by atoms with Crippen LogP contribution in [0.25, 0.3) is 0 Å². The van der Waals surface area contributed by atoms with E-state index in [9.17, 15) is 0 Å². The summed E-state index contributed by atoms with van der Waals surface area (Å²) in [5.41, 5.74) is 2.24. The van der Waals surface area contributed by atoms with Crippen LogP contribution < -0.4 is 0 Å². The van der Waals surface area contributed by atoms with Crippen molar-refractivity contribution in [2.45, 2.75) is 51.6 Å². The standard InChI is InChI=1S/C10H22Si/c1-4-7-8-9-10-11(5-2)6-3/h5,11H,2,4,6-10H2,1,3H3. The quantitative estimate of drug-likeness (QED) is 0.405. The molecule has 0 radical (unpaired) electrons. The third-order valence-electron chi connectivity index (χ3n) is 2.29. The van der Waals surface area contributed by atoms with E-state index in [0.29, 0.717) is 0 Å². The van der Waals surface area contributed by atoms with Crippen molar-refractivity contribution < 1.29 is 0 Å². The van der Waals surface area contributed by atoms with E-state index in [1.807, 2.05) is 0 Å². The maximum absolute atomic E-state index is 3.89. The van der Waals surface area contributed by atoms with Gasteiger partial charge in [-0.2, -0.15) is 0 Å². The second-order valence-corrected chi connectivity index (χ2v) is 6.64. The van der Waals surface area contributed by atoms with Gasteiger partial charge in [0.2, 0.25) is 0 Å². The molecule has 0 spiro atoms. The fourth-order valence-electron chi connectivity index (χ4n) is 1.32. The van der Waals surface area contributed by atoms with Crippen molar-refractivity contribution in [3.8, 4) is 0 Å². The first kappa shape index (κ1) is 11.0. The largest absolute Gasteiger partial charge is 0.107 e. The molecule has 0 aromatic rings. The second-order valence-electron chi connectivity index (χ2n) is 3.25. The monoisotopic (exact) mass is 170 g/mol. The first-order chi connectivity index (χ1) is 5.35. The molecule has 0 fully saturated rings. The zero-order chi connectivity index (χ0) is 8.53. The third kappa shape index (κ3) is 6.36. The summed E-state index contributed by atoms with van der Waals surface area (Å²) < 4.78 is 0. The Morgan fingerprint density at radius 1 is 1.18 bits per heavy atom. The summed E-state index contributed by atoms with van der Waals surface area (Å²) in [5, 5.41) is 0. The van der Waals surface area contributed by atoms with Gasteiger partial charge in [-0.05, 0) is 0 Å². The summed E-state index contributed by atoms with van der Waals surface area (Å²) in [4.78, 5) is 0. The number of rotatable bonds is 7. The highest BCUT2D eigenvalue weighted by atomic mass is 28.3. The molecule has 0 amide bonds. The highest BCUT2D eigenvalue weighted by Gasteiger charge is 2.01. The lowest BCUT2D eigenvalue weighted by Gasteiger charge is -2.05. The molecule has 0 aliphatic heterocycles. The zero-order valence-electron chi connectivity index (χ0n) is 8.10. The van der Waals surface area contributed by atoms with Gasteiger partial charge in [0.05, 0.1) is 8.80 Å². The molecule has 0 N–H and O–H groups in total. The third-order valence-corrected chi connectivity index (χ3v) is 5.15. The van der Waals surface area contributed by atoms with Gasteiger partial charge in [0.15, 0.2) is 0 Å². The summed E-state index contributed by atoms with van der Waals surface area (Å²) in [6.07, 6.45) is 5.66. The summed E-state index contributed by atoms with van der Waals surface area (Å²) in [5.74, 6) is 0. The molecule has 0 saturated heterocycles. The van der Waals surface area contributed by atoms with Crippen molar-refractivity contribution >= 4 is 8.80 Å². The van der Waals surface area contributed by atoms with E-state index in [1.165, 1.54) is 37.8 Å². The van der Waals surface area contributed by atoms with Crippen LogP contribution in [0.5, 0.6) is 0 Å². The van der Waals surface area contributed by atoms with E-state index in [-0.39, 0.29) is 0 Å². The molecule has 0 rings (SSSR count). The number of hydrogen-bond acceptors (Lipinski definition) is 0. The molecule has 66 valence electrons. The molecular weight excluding hydrogens is 148 g/mol. The fraction of sp³-hybridized carbons (Fsp3) is 0.800. The van der Waals surface area contributed by atoms with Crippen LogP contribution in [0.15, 0.2) is 12.3 Å². The Kier molecular flexibility index (Phi) is 8.03. The van der Waals surface area contributed by atoms with Crippen LogP contribution in [-0.2, 0) is 0 Å². The minimum atomic E-state index is -0.471. The SMILES string of the molecule is C=C[SiH](CC)CCCCCC. The molecule has 0 aromatic carbocycles. The van der Waals surface area contributed by atoms with Crippen LogP contribution >= 0.6 is 0 Å². The molecule has 0 aliphatic carbocycles. The van der Waals surface area contributed by atoms with Gasteiger partial charge in [0.1, 0.15) is 0 Å². The van der Waals surface area contributed by atoms with Crippen molar-refractivity contribution in [3.05, 3.63) is 12.3 Å². The summed E-state index contributed by atoms with van der Waals surface area (Å²) >= 11 is 0. The van der Waals surface area contributed by atoms with E-state index in [0.717, 1.165) is 0 Å². The second kappa shape index (κ2) is 8.06. The predicted octanol–water partition coefficient (Wildman–Crippen LogP) is 3.54. The minimum Gasteiger partial charge on any atom is -0.107 e. The van der Waals surface area contributed by atoms with Gasteiger partial charge in [0.25, 0.3) is 0 Å². The molecule has 1 heteroatoms. The maximum Gasteiger partial charge on any atom is 0.0604 e. The smallest absolute Gasteiger partial charge is 0.0604 e. The average molecular weight is 170 g/mol. The fourth-order valence-corrected chi connectivity index (χ4v) is 3.11. The summed E-state index contributed by atoms with van der Waals surface area (Å²) in [6.45, 7) is 8.46. The molecule has 0 heterocycles. The lowest BCUT2D eigenvalue weighted by molar-refractivity contribution is 0.698. The lowest BCUT2D eigenvalue weighted by Crippen LogP contribution is -2.05. The van der Waals surface area contributed by atoms with Gasteiger partial charge >= 0.3 is 0 Å². The topological polar surface area (TPSA) is 0 Å². The zero-order valence-corrected chi connectivity index (χ0v) is 9.26. The van der Waals surface area contributed by atoms with Crippen LogP contribution in [0, 0.1) is 0 Å². The Balaban J connectivity index is 3.14. The first-order valence-electron chi connectivity index (χ1n) is 4.97. The average Bonchev–Trinajstić information content (AvgIpc) is 2.05. The van der Waals surface area contributed by atoms with Gasteiger partial charge in [-0.25, -0.2) is 0 Å². The Hall–Kier alpha value is -0.0431. The Morgan fingerprint density at radius 2 is 1.91 bits per heavy atom. The Bertz CT molecular complexity index is 88.9. The van der Waals surface area contributed by atoms with Crippen molar-refractivity contribution in [1.82, 2.24) is 0 Å². The number of unbranched alkanes of at least 4 members (excludes halogenated alkanes) is 3. The van der Waals surface area contributed by atoms with Crippen molar-refractivity contribution in [1.29, 1.82) is 0 Å². The van der Waals surface area contributed by atoms with Crippen LogP contribution in [0.3, 0.4) is 0 Å². The molecular formula is C10H22Si. The van der Waals surface area contributed by atoms with Crippen LogP contribution in [0.1, 0.15) is 39.5 Å². The van der Waals surface area contributed by atoms with E-state index >= 15 is 0 Å². The Morgan fingerprint density at radius 3 is 2.36 bits per heavy atom. The highest BCUT2D eigenvalue weighted by Crippen LogP contribution is 2.08. The first-order valence-corrected chi connectivity index (χ1v) is 7.27. The van der Waals surface area contributed by atoms with Gasteiger partial charge in [-0.15, -0.1) is 12.3 Å². The molecule has 0 nitrogen and oxygen atoms in total. The highest BCUT2D eigenvalue weighted by molar-refractivity contribution is 6.63. The van der Waals surface area contributed by atoms with Gasteiger partial charge in [-0.3, -0.25) is 0 Å². The van der Waals surface area contributed by atoms with Crippen LogP contribution in [0.2, 0.25) is 12.1 Å². The maximum atomic E-state index is 3.89. The van der Waals surface area contributed by atoms with E-state index in [2.05, 4.69) is 26.1 Å². The van der Waals surface area contributed by atoms with Crippen molar-refractivity contribution in [3.63, 3.8) is 0 Å². The molecule has 1 unspecified atom stereocenters. The molecule has 1 atom stereocenters. The summed E-state index contributed by atoms with van der Waals surface area (Å²) in [7, 11) is -0.471. The summed E-state index contributed by atoms with van der Waals surface area (Å²) in [6, 6.07) is 2.88. The lowest BCUT2D eigenvalue weighted by atomic mass is 10.2. The molecule has 0 saturated carbocycles. The van der Waals surface area contributed by atoms with Crippen molar-refractivity contribution in [2.24, 2.45) is 0 Å². The Labute approximate surface area is 73.3 Å².